The van der Waals surface area contributed by atoms with E-state index in [0.717, 1.165) is 25.7 Å². The Balaban J connectivity index is 2.63. The van der Waals surface area contributed by atoms with Gasteiger partial charge in [-0.1, -0.05) is 19.8 Å². The number of nitrogens with zero attached hydrogens (tertiary/aromatic N) is 4. The minimum atomic E-state index is -0.514. The van der Waals surface area contributed by atoms with Crippen LogP contribution in [-0.2, 0) is 0 Å². The molecule has 0 saturated carbocycles. The molecule has 0 amide bonds. The van der Waals surface area contributed by atoms with Gasteiger partial charge in [0, 0.05) is 4.99 Å². The van der Waals surface area contributed by atoms with E-state index in [4.69, 9.17) is 5.26 Å². The van der Waals surface area contributed by atoms with E-state index < -0.39 is 4.92 Å². The molecule has 92 valence electrons. The molecule has 1 atom stereocenters. The van der Waals surface area contributed by atoms with Crippen molar-refractivity contribution >= 4 is 6.34 Å². The maximum Gasteiger partial charge on any atom is 0.423 e. The van der Waals surface area contributed by atoms with E-state index in [1.165, 1.54) is 12.5 Å². The van der Waals surface area contributed by atoms with Gasteiger partial charge in [0.1, 0.15) is 6.07 Å². The summed E-state index contributed by atoms with van der Waals surface area (Å²) in [5.41, 5.74) is 0. The summed E-state index contributed by atoms with van der Waals surface area (Å²) in [5, 5.41) is 19.4. The predicted octanol–water partition coefficient (Wildman–Crippen LogP) is 2.02. The van der Waals surface area contributed by atoms with Crippen molar-refractivity contribution in [1.82, 2.24) is 0 Å². The lowest BCUT2D eigenvalue weighted by atomic mass is 10.2. The van der Waals surface area contributed by atoms with Crippen LogP contribution in [0.15, 0.2) is 17.0 Å². The summed E-state index contributed by atoms with van der Waals surface area (Å²) in [5.74, 6) is -0.157. The lowest BCUT2D eigenvalue weighted by molar-refractivity contribution is -0.773. The molecule has 1 rings (SSSR count). The largest absolute Gasteiger partial charge is 0.423 e. The van der Waals surface area contributed by atoms with Crippen molar-refractivity contribution in [2.24, 2.45) is 4.99 Å². The molecule has 0 aromatic carbocycles. The maximum atomic E-state index is 10.6. The zero-order valence-corrected chi connectivity index (χ0v) is 10.0. The van der Waals surface area contributed by atoms with Crippen molar-refractivity contribution in [1.29, 1.82) is 5.26 Å². The number of nitriles is 1. The third-order valence-electron chi connectivity index (χ3n) is 2.77. The Bertz CT molecular complexity index is 383. The second-order valence-electron chi connectivity index (χ2n) is 4.19. The van der Waals surface area contributed by atoms with Crippen LogP contribution in [0.3, 0.4) is 0 Å². The van der Waals surface area contributed by atoms with Crippen LogP contribution < -0.4 is 0 Å². The molecule has 0 aliphatic carbocycles. The second-order valence-corrected chi connectivity index (χ2v) is 4.19. The number of quaternary nitrogens is 1. The fourth-order valence-corrected chi connectivity index (χ4v) is 1.82. The molecule has 6 nitrogen and oxygen atoms in total. The van der Waals surface area contributed by atoms with Crippen LogP contribution >= 0.6 is 0 Å². The zero-order chi connectivity index (χ0) is 12.7. The fourth-order valence-electron chi connectivity index (χ4n) is 1.82. The summed E-state index contributed by atoms with van der Waals surface area (Å²) in [4.78, 5) is 13.9. The molecule has 0 aromatic heterocycles. The van der Waals surface area contributed by atoms with Gasteiger partial charge >= 0.3 is 12.2 Å². The highest BCUT2D eigenvalue weighted by Crippen LogP contribution is 2.18. The topological polar surface area (TPSA) is 79.3 Å². The third kappa shape index (κ3) is 3.64. The standard InChI is InChI=1S/C11H17N4O2/c1-2-3-4-5-7-15(8-6-12)9-11(13-10-15)14(16)17/h9-10H,2-5,7-8H2,1H3/q+1. The Labute approximate surface area is 101 Å². The highest BCUT2D eigenvalue weighted by atomic mass is 16.6. The van der Waals surface area contributed by atoms with Gasteiger partial charge in [-0.2, -0.15) is 5.26 Å². The molecule has 0 aromatic rings. The van der Waals surface area contributed by atoms with Crippen LogP contribution in [0.1, 0.15) is 32.6 Å². The molecule has 1 heterocycles. The molecule has 17 heavy (non-hydrogen) atoms. The normalized spacial score (nSPS) is 22.2. The first-order chi connectivity index (χ1) is 8.13. The van der Waals surface area contributed by atoms with Crippen molar-refractivity contribution in [2.45, 2.75) is 32.6 Å². The summed E-state index contributed by atoms with van der Waals surface area (Å²) in [6.45, 7) is 3.03. The van der Waals surface area contributed by atoms with E-state index in [1.54, 1.807) is 0 Å². The van der Waals surface area contributed by atoms with Crippen LogP contribution in [-0.4, -0.2) is 28.8 Å². The number of hydrogen-bond acceptors (Lipinski definition) is 4. The predicted molar refractivity (Wildman–Crippen MR) is 63.3 cm³/mol. The number of aliphatic imine (C=N–C) groups is 1. The smallest absolute Gasteiger partial charge is 0.358 e. The molecule has 0 saturated heterocycles. The average Bonchev–Trinajstić information content (AvgIpc) is 2.70. The quantitative estimate of drug-likeness (QED) is 0.223. The third-order valence-corrected chi connectivity index (χ3v) is 2.77. The molecule has 0 spiro atoms. The van der Waals surface area contributed by atoms with Crippen LogP contribution in [0, 0.1) is 21.4 Å². The zero-order valence-electron chi connectivity index (χ0n) is 10.0. The molecule has 0 radical (unpaired) electrons. The second kappa shape index (κ2) is 6.11. The first-order valence-electron chi connectivity index (χ1n) is 5.79. The molecule has 1 unspecified atom stereocenters. The van der Waals surface area contributed by atoms with Crippen molar-refractivity contribution in [3.63, 3.8) is 0 Å². The Morgan fingerprint density at radius 2 is 2.29 bits per heavy atom. The molecule has 1 aliphatic rings. The van der Waals surface area contributed by atoms with Crippen molar-refractivity contribution < 1.29 is 9.41 Å². The van der Waals surface area contributed by atoms with Gasteiger partial charge in [-0.05, 0) is 17.8 Å². The van der Waals surface area contributed by atoms with Gasteiger partial charge in [0.2, 0.25) is 6.20 Å². The van der Waals surface area contributed by atoms with Crippen LogP contribution in [0.5, 0.6) is 0 Å². The van der Waals surface area contributed by atoms with Crippen molar-refractivity contribution in [2.75, 3.05) is 13.1 Å². The molecule has 0 N–H and O–H groups in total. The number of hydrogen-bond donors (Lipinski definition) is 0. The highest BCUT2D eigenvalue weighted by molar-refractivity contribution is 5.52. The Morgan fingerprint density at radius 3 is 2.82 bits per heavy atom. The van der Waals surface area contributed by atoms with Gasteiger partial charge < -0.3 is 10.1 Å². The SMILES string of the molecule is CCCCCC[N+]1(CC#N)C=NC([N+](=O)[O-])=C1. The van der Waals surface area contributed by atoms with Gasteiger partial charge in [-0.25, -0.2) is 4.48 Å². The van der Waals surface area contributed by atoms with E-state index in [-0.39, 0.29) is 16.8 Å². The van der Waals surface area contributed by atoms with Gasteiger partial charge in [-0.3, -0.25) is 0 Å². The Morgan fingerprint density at radius 1 is 1.53 bits per heavy atom. The summed E-state index contributed by atoms with van der Waals surface area (Å²) >= 11 is 0. The average molecular weight is 237 g/mol. The van der Waals surface area contributed by atoms with E-state index >= 15 is 0 Å². The molecule has 1 aliphatic heterocycles. The summed E-state index contributed by atoms with van der Waals surface area (Å²) < 4.78 is 0.191. The lowest BCUT2D eigenvalue weighted by Gasteiger charge is -2.21. The number of rotatable bonds is 7. The molecule has 0 fully saturated rings. The van der Waals surface area contributed by atoms with Crippen LogP contribution in [0.25, 0.3) is 0 Å². The molecular weight excluding hydrogens is 220 g/mol. The van der Waals surface area contributed by atoms with Gasteiger partial charge in [-0.15, -0.1) is 0 Å². The summed E-state index contributed by atoms with van der Waals surface area (Å²) in [6, 6.07) is 2.06. The monoisotopic (exact) mass is 237 g/mol. The fraction of sp³-hybridized carbons (Fsp3) is 0.636. The van der Waals surface area contributed by atoms with Crippen molar-refractivity contribution in [3.8, 4) is 6.07 Å². The van der Waals surface area contributed by atoms with E-state index in [1.807, 2.05) is 0 Å². The van der Waals surface area contributed by atoms with Crippen LogP contribution in [0.2, 0.25) is 0 Å². The highest BCUT2D eigenvalue weighted by Gasteiger charge is 2.36. The Hall–Kier alpha value is -1.74. The van der Waals surface area contributed by atoms with E-state index in [2.05, 4.69) is 18.0 Å². The van der Waals surface area contributed by atoms with Gasteiger partial charge in [0.15, 0.2) is 6.54 Å². The first-order valence-corrected chi connectivity index (χ1v) is 5.79. The number of nitro groups is 1. The van der Waals surface area contributed by atoms with E-state index in [9.17, 15) is 10.1 Å². The van der Waals surface area contributed by atoms with Crippen LogP contribution in [0.4, 0.5) is 0 Å². The number of unbranched alkanes of at least 4 members (excludes halogenated alkanes) is 3. The van der Waals surface area contributed by atoms with Gasteiger partial charge in [0.25, 0.3) is 0 Å². The van der Waals surface area contributed by atoms with E-state index in [0.29, 0.717) is 6.54 Å². The summed E-state index contributed by atoms with van der Waals surface area (Å²) in [6.07, 6.45) is 7.29. The lowest BCUT2D eigenvalue weighted by Crippen LogP contribution is -2.41. The minimum absolute atomic E-state index is 0.157. The summed E-state index contributed by atoms with van der Waals surface area (Å²) in [7, 11) is 0. The molecule has 0 bridgehead atoms. The van der Waals surface area contributed by atoms with Gasteiger partial charge in [0.05, 0.1) is 6.54 Å². The molecular formula is C11H17N4O2+. The molecule has 6 heteroatoms. The first kappa shape index (κ1) is 13.3. The Kier molecular flexibility index (Phi) is 4.79. The van der Waals surface area contributed by atoms with Crippen molar-refractivity contribution in [3.05, 3.63) is 22.1 Å². The maximum absolute atomic E-state index is 10.6. The minimum Gasteiger partial charge on any atom is -0.358 e.